The minimum absolute atomic E-state index is 0.876. The second-order valence-electron chi connectivity index (χ2n) is 1.54. The first-order chi connectivity index (χ1) is 3.93. The van der Waals surface area contributed by atoms with Crippen molar-refractivity contribution in [3.63, 3.8) is 0 Å². The maximum atomic E-state index is 4.68. The van der Waals surface area contributed by atoms with Crippen molar-refractivity contribution in [2.24, 2.45) is 0 Å². The van der Waals surface area contributed by atoms with Gasteiger partial charge in [0.2, 0.25) is 0 Å². The molecule has 0 aromatic rings. The zero-order valence-electron chi connectivity index (χ0n) is 4.63. The van der Waals surface area contributed by atoms with Gasteiger partial charge in [0.25, 0.3) is 0 Å². The monoisotopic (exact) mass is 113 g/mol. The van der Waals surface area contributed by atoms with Crippen molar-refractivity contribution in [3.8, 4) is 0 Å². The van der Waals surface area contributed by atoms with Crippen molar-refractivity contribution in [2.75, 3.05) is 6.54 Å². The molecule has 0 fully saturated rings. The third kappa shape index (κ3) is 1.13. The van der Waals surface area contributed by atoms with Crippen molar-refractivity contribution in [2.45, 2.75) is 6.42 Å². The number of rotatable bonds is 2. The van der Waals surface area contributed by atoms with Gasteiger partial charge in [-0.2, -0.15) is 0 Å². The predicted octanol–water partition coefficient (Wildman–Crippen LogP) is 0.434. The Bertz CT molecular complexity index is 92.4. The van der Waals surface area contributed by atoms with E-state index in [-0.39, 0.29) is 0 Å². The Morgan fingerprint density at radius 2 is 2.62 bits per heavy atom. The lowest BCUT2D eigenvalue weighted by Gasteiger charge is -2.10. The van der Waals surface area contributed by atoms with Gasteiger partial charge in [-0.3, -0.25) is 5.01 Å². The third-order valence-electron chi connectivity index (χ3n) is 0.878. The normalized spacial score (nSPS) is 16.9. The molecule has 0 aliphatic carbocycles. The minimum atomic E-state index is 0.876. The summed E-state index contributed by atoms with van der Waals surface area (Å²) in [5.41, 5.74) is 2.64. The van der Waals surface area contributed by atoms with Crippen LogP contribution < -0.4 is 5.59 Å². The topological polar surface area (TPSA) is 24.5 Å². The Kier molecular flexibility index (Phi) is 1.75. The second kappa shape index (κ2) is 2.57. The summed E-state index contributed by atoms with van der Waals surface area (Å²) in [6.07, 6.45) is 4.29. The third-order valence-corrected chi connectivity index (χ3v) is 0.878. The highest BCUT2D eigenvalue weighted by Crippen LogP contribution is 1.93. The first-order valence-electron chi connectivity index (χ1n) is 2.57. The van der Waals surface area contributed by atoms with Crippen LogP contribution in [0.25, 0.3) is 0 Å². The Labute approximate surface area is 48.9 Å². The van der Waals surface area contributed by atoms with Gasteiger partial charge in [-0.05, 0) is 6.42 Å². The van der Waals surface area contributed by atoms with Crippen LogP contribution in [-0.4, -0.2) is 11.6 Å². The van der Waals surface area contributed by atoms with E-state index in [0.717, 1.165) is 13.0 Å². The van der Waals surface area contributed by atoms with E-state index in [2.05, 4.69) is 17.4 Å². The zero-order valence-corrected chi connectivity index (χ0v) is 4.63. The molecular weight excluding hydrogens is 104 g/mol. The first kappa shape index (κ1) is 5.44. The summed E-state index contributed by atoms with van der Waals surface area (Å²) in [4.78, 5) is 4.68. The summed E-state index contributed by atoms with van der Waals surface area (Å²) in [6.45, 7) is 4.56. The van der Waals surface area contributed by atoms with Gasteiger partial charge in [-0.15, -0.1) is 0 Å². The summed E-state index contributed by atoms with van der Waals surface area (Å²) in [6, 6.07) is 0. The lowest BCUT2D eigenvalue weighted by Crippen LogP contribution is -2.27. The molecule has 1 aliphatic rings. The molecule has 0 saturated carbocycles. The molecule has 0 aromatic carbocycles. The van der Waals surface area contributed by atoms with Crippen molar-refractivity contribution >= 4 is 0 Å². The van der Waals surface area contributed by atoms with Gasteiger partial charge in [-0.1, -0.05) is 12.5 Å². The predicted molar refractivity (Wildman–Crippen MR) is 30.0 cm³/mol. The van der Waals surface area contributed by atoms with E-state index >= 15 is 0 Å². The Morgan fingerprint density at radius 3 is 3.12 bits per heavy atom. The van der Waals surface area contributed by atoms with Crippen molar-refractivity contribution in [1.29, 1.82) is 0 Å². The molecule has 0 amide bonds. The Balaban J connectivity index is 2.16. The Hall–Kier alpha value is -0.700. The molecule has 1 N–H and O–H groups in total. The highest BCUT2D eigenvalue weighted by Gasteiger charge is 1.99. The zero-order chi connectivity index (χ0) is 5.82. The van der Waals surface area contributed by atoms with Gasteiger partial charge in [0.1, 0.15) is 6.26 Å². The average molecular weight is 113 g/mol. The van der Waals surface area contributed by atoms with Crippen LogP contribution >= 0.6 is 0 Å². The number of hydrazine groups is 1. The van der Waals surface area contributed by atoms with E-state index in [1.54, 1.807) is 6.26 Å². The van der Waals surface area contributed by atoms with Crippen LogP contribution in [0.2, 0.25) is 0 Å². The van der Waals surface area contributed by atoms with Crippen molar-refractivity contribution < 1.29 is 4.84 Å². The molecule has 3 heteroatoms. The fourth-order valence-corrected chi connectivity index (χ4v) is 0.523. The summed E-state index contributed by atoms with van der Waals surface area (Å²) >= 11 is 0. The van der Waals surface area contributed by atoms with Crippen LogP contribution in [0.15, 0.2) is 12.5 Å². The largest absolute Gasteiger partial charge is 0.395 e. The molecule has 1 radical (unpaired) electrons. The fraction of sp³-hybridized carbons (Fsp3) is 0.400. The van der Waals surface area contributed by atoms with Crippen LogP contribution in [-0.2, 0) is 4.84 Å². The summed E-state index contributed by atoms with van der Waals surface area (Å²) < 4.78 is 0. The minimum Gasteiger partial charge on any atom is -0.395 e. The highest BCUT2D eigenvalue weighted by molar-refractivity contribution is 4.75. The van der Waals surface area contributed by atoms with E-state index in [4.69, 9.17) is 0 Å². The van der Waals surface area contributed by atoms with E-state index in [0.29, 0.717) is 0 Å². The summed E-state index contributed by atoms with van der Waals surface area (Å²) in [5.74, 6) is 0. The average Bonchev–Trinajstić information content (AvgIpc) is 2.19. The van der Waals surface area contributed by atoms with Crippen molar-refractivity contribution in [1.82, 2.24) is 10.6 Å². The van der Waals surface area contributed by atoms with Crippen LogP contribution in [0.3, 0.4) is 0 Å². The van der Waals surface area contributed by atoms with Gasteiger partial charge < -0.3 is 4.84 Å². The van der Waals surface area contributed by atoms with Crippen LogP contribution in [0.5, 0.6) is 0 Å². The van der Waals surface area contributed by atoms with Crippen LogP contribution in [0.1, 0.15) is 6.42 Å². The van der Waals surface area contributed by atoms with E-state index in [1.165, 1.54) is 0 Å². The number of hydrogen-bond acceptors (Lipinski definition) is 3. The van der Waals surface area contributed by atoms with Gasteiger partial charge in [0.05, 0.1) is 6.20 Å². The molecule has 8 heavy (non-hydrogen) atoms. The van der Waals surface area contributed by atoms with E-state index < -0.39 is 0 Å². The van der Waals surface area contributed by atoms with Crippen molar-refractivity contribution in [3.05, 3.63) is 19.4 Å². The molecule has 45 valence electrons. The molecule has 0 unspecified atom stereocenters. The SMILES string of the molecule is [CH2]CCN1C=CON1. The lowest BCUT2D eigenvalue weighted by atomic mass is 10.5. The molecular formula is C5H9N2O. The fourth-order valence-electron chi connectivity index (χ4n) is 0.523. The molecule has 0 saturated heterocycles. The van der Waals surface area contributed by atoms with E-state index in [1.807, 2.05) is 11.2 Å². The molecule has 0 atom stereocenters. The molecule has 1 aliphatic heterocycles. The Morgan fingerprint density at radius 1 is 1.75 bits per heavy atom. The van der Waals surface area contributed by atoms with Gasteiger partial charge in [0.15, 0.2) is 0 Å². The van der Waals surface area contributed by atoms with Gasteiger partial charge in [0, 0.05) is 6.54 Å². The molecule has 1 rings (SSSR count). The van der Waals surface area contributed by atoms with Crippen LogP contribution in [0.4, 0.5) is 0 Å². The molecule has 0 bridgehead atoms. The highest BCUT2D eigenvalue weighted by atomic mass is 16.7. The summed E-state index contributed by atoms with van der Waals surface area (Å²) in [7, 11) is 0. The molecule has 3 nitrogen and oxygen atoms in total. The quantitative estimate of drug-likeness (QED) is 0.562. The van der Waals surface area contributed by atoms with Crippen LogP contribution in [0, 0.1) is 6.92 Å². The first-order valence-corrected chi connectivity index (χ1v) is 2.57. The van der Waals surface area contributed by atoms with Gasteiger partial charge in [-0.25, -0.2) is 0 Å². The number of nitrogens with one attached hydrogen (secondary N) is 1. The molecule has 0 spiro atoms. The maximum absolute atomic E-state index is 4.68. The molecule has 1 heterocycles. The summed E-state index contributed by atoms with van der Waals surface area (Å²) in [5, 5.41) is 1.83. The standard InChI is InChI=1S/C5H9N2O/c1-2-3-7-4-5-8-6-7/h4-6H,1-3H2. The smallest absolute Gasteiger partial charge is 0.131 e. The van der Waals surface area contributed by atoms with Gasteiger partial charge >= 0.3 is 0 Å². The number of hydrogen-bond donors (Lipinski definition) is 1. The lowest BCUT2D eigenvalue weighted by molar-refractivity contribution is 0.0371. The molecule has 0 aromatic heterocycles. The number of nitrogens with zero attached hydrogens (tertiary/aromatic N) is 1. The second-order valence-corrected chi connectivity index (χ2v) is 1.54. The maximum Gasteiger partial charge on any atom is 0.131 e. The van der Waals surface area contributed by atoms with E-state index in [9.17, 15) is 0 Å².